The lowest BCUT2D eigenvalue weighted by Crippen LogP contribution is -2.46. The minimum absolute atomic E-state index is 0.186. The maximum Gasteiger partial charge on any atom is 0.435 e. The number of ether oxygens (including phenoxy) is 1. The maximum atomic E-state index is 12.4. The van der Waals surface area contributed by atoms with Crippen molar-refractivity contribution in [3.63, 3.8) is 0 Å². The second-order valence-corrected chi connectivity index (χ2v) is 6.80. The van der Waals surface area contributed by atoms with Crippen molar-refractivity contribution in [2.45, 2.75) is 44.9 Å². The summed E-state index contributed by atoms with van der Waals surface area (Å²) < 4.78 is 5.36. The summed E-state index contributed by atoms with van der Waals surface area (Å²) >= 11 is 0. The lowest BCUT2D eigenvalue weighted by atomic mass is 10.0. The van der Waals surface area contributed by atoms with E-state index in [1.165, 1.54) is 4.90 Å². The average molecular weight is 320 g/mol. The highest BCUT2D eigenvalue weighted by Crippen LogP contribution is 2.34. The smallest absolute Gasteiger partial charge is 0.435 e. The SMILES string of the molecule is CN(C)C(=O)[C@@H]1C[C@H](c2ccccc2)ON1C(=O)OC(C)(C)C. The Kier molecular flexibility index (Phi) is 4.94. The zero-order chi connectivity index (χ0) is 17.2. The van der Waals surface area contributed by atoms with Crippen LogP contribution in [-0.2, 0) is 14.4 Å². The molecule has 2 amide bonds. The number of likely N-dealkylation sites (N-methyl/N-ethyl adjacent to an activating group) is 1. The Morgan fingerprint density at radius 2 is 1.83 bits per heavy atom. The van der Waals surface area contributed by atoms with Gasteiger partial charge in [0.1, 0.15) is 17.7 Å². The van der Waals surface area contributed by atoms with E-state index in [0.29, 0.717) is 6.42 Å². The summed E-state index contributed by atoms with van der Waals surface area (Å²) in [7, 11) is 3.32. The minimum Gasteiger partial charge on any atom is -0.442 e. The second-order valence-electron chi connectivity index (χ2n) is 6.80. The number of hydrogen-bond acceptors (Lipinski definition) is 4. The van der Waals surface area contributed by atoms with Crippen LogP contribution in [0.15, 0.2) is 30.3 Å². The van der Waals surface area contributed by atoms with E-state index in [1.807, 2.05) is 30.3 Å². The molecule has 1 saturated heterocycles. The lowest BCUT2D eigenvalue weighted by Gasteiger charge is -2.27. The van der Waals surface area contributed by atoms with Crippen molar-refractivity contribution in [3.8, 4) is 0 Å². The van der Waals surface area contributed by atoms with Crippen molar-refractivity contribution < 1.29 is 19.2 Å². The predicted molar refractivity (Wildman–Crippen MR) is 85.4 cm³/mol. The third-order valence-corrected chi connectivity index (χ3v) is 3.43. The normalized spacial score (nSPS) is 21.2. The Balaban J connectivity index is 2.22. The van der Waals surface area contributed by atoms with E-state index in [4.69, 9.17) is 9.57 Å². The molecule has 1 heterocycles. The first kappa shape index (κ1) is 17.3. The van der Waals surface area contributed by atoms with Gasteiger partial charge in [0.15, 0.2) is 0 Å². The van der Waals surface area contributed by atoms with Crippen LogP contribution in [0.3, 0.4) is 0 Å². The van der Waals surface area contributed by atoms with E-state index in [2.05, 4.69) is 0 Å². The molecule has 6 nitrogen and oxygen atoms in total. The standard InChI is InChI=1S/C17H24N2O4/c1-17(2,3)22-16(21)19-13(15(20)18(4)5)11-14(23-19)12-9-7-6-8-10-12/h6-10,13-14H,11H2,1-5H3/t13-,14+/m0/s1. The van der Waals surface area contributed by atoms with Crippen molar-refractivity contribution >= 4 is 12.0 Å². The number of carbonyl (C=O) groups excluding carboxylic acids is 2. The molecule has 1 aromatic rings. The monoisotopic (exact) mass is 320 g/mol. The van der Waals surface area contributed by atoms with Crippen LogP contribution in [0.1, 0.15) is 38.9 Å². The van der Waals surface area contributed by atoms with Gasteiger partial charge in [-0.2, -0.15) is 5.06 Å². The van der Waals surface area contributed by atoms with Gasteiger partial charge in [0.25, 0.3) is 0 Å². The zero-order valence-electron chi connectivity index (χ0n) is 14.3. The fourth-order valence-electron chi connectivity index (χ4n) is 2.39. The van der Waals surface area contributed by atoms with Gasteiger partial charge in [-0.15, -0.1) is 0 Å². The van der Waals surface area contributed by atoms with Crippen LogP contribution in [0.4, 0.5) is 4.79 Å². The first-order chi connectivity index (χ1) is 10.7. The molecule has 0 aliphatic carbocycles. The molecule has 0 N–H and O–H groups in total. The molecule has 2 rings (SSSR count). The summed E-state index contributed by atoms with van der Waals surface area (Å²) in [6.07, 6.45) is -0.589. The molecular weight excluding hydrogens is 296 g/mol. The van der Waals surface area contributed by atoms with Gasteiger partial charge >= 0.3 is 6.09 Å². The van der Waals surface area contributed by atoms with Gasteiger partial charge in [0.05, 0.1) is 0 Å². The van der Waals surface area contributed by atoms with Crippen molar-refractivity contribution in [1.29, 1.82) is 0 Å². The third-order valence-electron chi connectivity index (χ3n) is 3.43. The molecule has 0 bridgehead atoms. The van der Waals surface area contributed by atoms with Crippen molar-refractivity contribution in [1.82, 2.24) is 9.96 Å². The molecular formula is C17H24N2O4. The number of nitrogens with zero attached hydrogens (tertiary/aromatic N) is 2. The molecule has 1 fully saturated rings. The fraction of sp³-hybridized carbons (Fsp3) is 0.529. The lowest BCUT2D eigenvalue weighted by molar-refractivity contribution is -0.165. The first-order valence-electron chi connectivity index (χ1n) is 7.64. The summed E-state index contributed by atoms with van der Waals surface area (Å²) in [5, 5.41) is 1.07. The molecule has 1 aliphatic heterocycles. The van der Waals surface area contributed by atoms with E-state index >= 15 is 0 Å². The average Bonchev–Trinajstić information content (AvgIpc) is 2.90. The highest BCUT2D eigenvalue weighted by atomic mass is 16.7. The van der Waals surface area contributed by atoms with Crippen LogP contribution in [0.2, 0.25) is 0 Å². The summed E-state index contributed by atoms with van der Waals surface area (Å²) in [5.74, 6) is -0.186. The van der Waals surface area contributed by atoms with E-state index in [9.17, 15) is 9.59 Å². The van der Waals surface area contributed by atoms with Gasteiger partial charge in [-0.3, -0.25) is 9.63 Å². The summed E-state index contributed by atoms with van der Waals surface area (Å²) in [6, 6.07) is 8.85. The quantitative estimate of drug-likeness (QED) is 0.841. The van der Waals surface area contributed by atoms with Crippen LogP contribution in [0.25, 0.3) is 0 Å². The summed E-state index contributed by atoms with van der Waals surface area (Å²) in [5.41, 5.74) is 0.270. The van der Waals surface area contributed by atoms with Gasteiger partial charge in [-0.05, 0) is 26.3 Å². The number of rotatable bonds is 2. The molecule has 0 spiro atoms. The minimum atomic E-state index is -0.690. The number of hydroxylamine groups is 2. The number of hydrogen-bond donors (Lipinski definition) is 0. The molecule has 0 unspecified atom stereocenters. The molecule has 126 valence electrons. The first-order valence-corrected chi connectivity index (χ1v) is 7.64. The van der Waals surface area contributed by atoms with E-state index < -0.39 is 17.7 Å². The number of amides is 2. The number of benzene rings is 1. The highest BCUT2D eigenvalue weighted by Gasteiger charge is 2.44. The molecule has 0 aromatic heterocycles. The van der Waals surface area contributed by atoms with Crippen molar-refractivity contribution in [2.75, 3.05) is 14.1 Å². The Labute approximate surface area is 136 Å². The van der Waals surface area contributed by atoms with Gasteiger partial charge in [0, 0.05) is 20.5 Å². The van der Waals surface area contributed by atoms with Crippen LogP contribution in [0, 0.1) is 0 Å². The van der Waals surface area contributed by atoms with E-state index in [-0.39, 0.29) is 12.0 Å². The Morgan fingerprint density at radius 3 is 2.35 bits per heavy atom. The topological polar surface area (TPSA) is 59.1 Å². The summed E-state index contributed by atoms with van der Waals surface area (Å²) in [6.45, 7) is 5.33. The molecule has 1 aliphatic rings. The fourth-order valence-corrected chi connectivity index (χ4v) is 2.39. The third kappa shape index (κ3) is 4.22. The Morgan fingerprint density at radius 1 is 1.22 bits per heavy atom. The van der Waals surface area contributed by atoms with Gasteiger partial charge in [-0.1, -0.05) is 30.3 Å². The molecule has 6 heteroatoms. The molecule has 0 saturated carbocycles. The highest BCUT2D eigenvalue weighted by molar-refractivity contribution is 5.85. The van der Waals surface area contributed by atoms with Gasteiger partial charge in [-0.25, -0.2) is 4.79 Å². The Bertz CT molecular complexity index is 566. The van der Waals surface area contributed by atoms with Crippen LogP contribution < -0.4 is 0 Å². The van der Waals surface area contributed by atoms with Gasteiger partial charge < -0.3 is 9.64 Å². The van der Waals surface area contributed by atoms with Crippen LogP contribution in [0.5, 0.6) is 0 Å². The van der Waals surface area contributed by atoms with Gasteiger partial charge in [0.2, 0.25) is 5.91 Å². The molecule has 1 aromatic carbocycles. The molecule has 2 atom stereocenters. The van der Waals surface area contributed by atoms with Crippen molar-refractivity contribution in [3.05, 3.63) is 35.9 Å². The number of carbonyl (C=O) groups is 2. The predicted octanol–water partition coefficient (Wildman–Crippen LogP) is 2.76. The second kappa shape index (κ2) is 6.58. The van der Waals surface area contributed by atoms with Crippen LogP contribution >= 0.6 is 0 Å². The summed E-state index contributed by atoms with van der Waals surface area (Å²) in [4.78, 5) is 32.0. The van der Waals surface area contributed by atoms with Crippen LogP contribution in [-0.4, -0.2) is 47.7 Å². The molecule has 0 radical (unpaired) electrons. The Hall–Kier alpha value is -2.08. The molecule has 23 heavy (non-hydrogen) atoms. The zero-order valence-corrected chi connectivity index (χ0v) is 14.3. The van der Waals surface area contributed by atoms with Crippen molar-refractivity contribution in [2.24, 2.45) is 0 Å². The van der Waals surface area contributed by atoms with E-state index in [1.54, 1.807) is 34.9 Å². The maximum absolute atomic E-state index is 12.4. The van der Waals surface area contributed by atoms with E-state index in [0.717, 1.165) is 10.6 Å². The largest absolute Gasteiger partial charge is 0.442 e.